The number of likely N-dealkylation sites (N-methyl/N-ethyl adjacent to an activating group) is 1. The lowest BCUT2D eigenvalue weighted by Crippen LogP contribution is -2.44. The van der Waals surface area contributed by atoms with E-state index in [-0.39, 0.29) is 11.0 Å². The fraction of sp³-hybridized carbons (Fsp3) is 0.273. The Balaban J connectivity index is 1.55. The molecule has 0 aliphatic carbocycles. The molecule has 4 heterocycles. The lowest BCUT2D eigenvalue weighted by Gasteiger charge is -2.35. The third kappa shape index (κ3) is 4.91. The number of hydrogen-bond acceptors (Lipinski definition) is 9. The molecule has 180 valence electrons. The number of nitrogens with one attached hydrogen (secondary N) is 1. The van der Waals surface area contributed by atoms with Crippen LogP contribution in [-0.2, 0) is 6.18 Å². The molecule has 0 saturated carbocycles. The highest BCUT2D eigenvalue weighted by Crippen LogP contribution is 2.40. The minimum Gasteiger partial charge on any atom is -0.368 e. The number of anilines is 2. The maximum atomic E-state index is 13.2. The van der Waals surface area contributed by atoms with Gasteiger partial charge in [0, 0.05) is 61.4 Å². The maximum absolute atomic E-state index is 13.2. The van der Waals surface area contributed by atoms with Gasteiger partial charge in [-0.1, -0.05) is 11.3 Å². The zero-order valence-corrected chi connectivity index (χ0v) is 19.3. The van der Waals surface area contributed by atoms with E-state index >= 15 is 0 Å². The van der Waals surface area contributed by atoms with Gasteiger partial charge in [0.15, 0.2) is 0 Å². The van der Waals surface area contributed by atoms with Crippen LogP contribution in [0.3, 0.4) is 0 Å². The molecule has 1 fully saturated rings. The van der Waals surface area contributed by atoms with E-state index < -0.39 is 17.1 Å². The number of amides is 1. The molecule has 3 aromatic heterocycles. The van der Waals surface area contributed by atoms with E-state index in [1.165, 1.54) is 6.20 Å². The fourth-order valence-electron chi connectivity index (χ4n) is 3.72. The third-order valence-corrected chi connectivity index (χ3v) is 6.59. The zero-order valence-electron chi connectivity index (χ0n) is 18.5. The molecule has 1 aromatic carbocycles. The predicted molar refractivity (Wildman–Crippen MR) is 125 cm³/mol. The van der Waals surface area contributed by atoms with Gasteiger partial charge >= 0.3 is 6.18 Å². The molecule has 0 unspecified atom stereocenters. The van der Waals surface area contributed by atoms with Crippen LogP contribution in [0.4, 0.5) is 24.8 Å². The standard InChI is InChI=1S/C22H19F3N8OS/c1-32-5-7-33(8-6-32)17-9-14-12-27-21(29-18(34)13-3-2-4-26-11-13)28-16(14)10-15(17)19-30-31-20(35-19)22(23,24)25/h2-4,9-12H,5-8H2,1H3,(H,27,28,29,34). The van der Waals surface area contributed by atoms with Gasteiger partial charge in [0.25, 0.3) is 5.91 Å². The minimum absolute atomic E-state index is 0.0675. The number of halogens is 3. The fourth-order valence-corrected chi connectivity index (χ4v) is 4.46. The summed E-state index contributed by atoms with van der Waals surface area (Å²) in [6.45, 7) is 3.05. The van der Waals surface area contributed by atoms with Crippen molar-refractivity contribution in [2.24, 2.45) is 0 Å². The van der Waals surface area contributed by atoms with Crippen LogP contribution < -0.4 is 10.2 Å². The Labute approximate surface area is 201 Å². The number of pyridine rings is 1. The minimum atomic E-state index is -4.58. The summed E-state index contributed by atoms with van der Waals surface area (Å²) in [6.07, 6.45) is -0.0244. The first-order valence-corrected chi connectivity index (χ1v) is 11.5. The lowest BCUT2D eigenvalue weighted by molar-refractivity contribution is -0.138. The average molecular weight is 501 g/mol. The van der Waals surface area contributed by atoms with E-state index in [4.69, 9.17) is 0 Å². The van der Waals surface area contributed by atoms with Crippen LogP contribution in [0.2, 0.25) is 0 Å². The highest BCUT2D eigenvalue weighted by atomic mass is 32.1. The van der Waals surface area contributed by atoms with Crippen LogP contribution in [0.5, 0.6) is 0 Å². The summed E-state index contributed by atoms with van der Waals surface area (Å²) < 4.78 is 39.6. The van der Waals surface area contributed by atoms with Crippen molar-refractivity contribution in [1.29, 1.82) is 0 Å². The number of carbonyl (C=O) groups excluding carboxylic acids is 1. The second-order valence-electron chi connectivity index (χ2n) is 8.02. The van der Waals surface area contributed by atoms with Crippen LogP contribution in [0.25, 0.3) is 21.5 Å². The first-order valence-electron chi connectivity index (χ1n) is 10.6. The largest absolute Gasteiger partial charge is 0.445 e. The van der Waals surface area contributed by atoms with Crippen molar-refractivity contribution >= 4 is 39.8 Å². The number of benzene rings is 1. The van der Waals surface area contributed by atoms with E-state index in [0.29, 0.717) is 46.5 Å². The molecule has 1 saturated heterocycles. The molecule has 0 radical (unpaired) electrons. The summed E-state index contributed by atoms with van der Waals surface area (Å²) in [5.74, 6) is -0.358. The molecule has 1 aliphatic rings. The molecule has 4 aromatic rings. The van der Waals surface area contributed by atoms with E-state index in [0.717, 1.165) is 18.8 Å². The van der Waals surface area contributed by atoms with Gasteiger partial charge in [-0.2, -0.15) is 13.2 Å². The molecule has 0 atom stereocenters. The number of nitrogens with zero attached hydrogens (tertiary/aromatic N) is 7. The Kier molecular flexibility index (Phi) is 6.03. The molecule has 0 spiro atoms. The van der Waals surface area contributed by atoms with E-state index in [2.05, 4.69) is 40.3 Å². The molecule has 35 heavy (non-hydrogen) atoms. The molecule has 1 N–H and O–H groups in total. The van der Waals surface area contributed by atoms with Crippen molar-refractivity contribution < 1.29 is 18.0 Å². The van der Waals surface area contributed by atoms with Crippen molar-refractivity contribution in [3.63, 3.8) is 0 Å². The molecular formula is C22H19F3N8OS. The number of piperazine rings is 1. The van der Waals surface area contributed by atoms with E-state index in [9.17, 15) is 18.0 Å². The van der Waals surface area contributed by atoms with Crippen LogP contribution in [0.15, 0.2) is 42.9 Å². The van der Waals surface area contributed by atoms with Crippen LogP contribution in [0, 0.1) is 0 Å². The number of rotatable bonds is 4. The number of alkyl halides is 3. The monoisotopic (exact) mass is 500 g/mol. The van der Waals surface area contributed by atoms with Crippen molar-refractivity contribution in [2.45, 2.75) is 6.18 Å². The van der Waals surface area contributed by atoms with Gasteiger partial charge < -0.3 is 9.80 Å². The second kappa shape index (κ2) is 9.15. The van der Waals surface area contributed by atoms with Gasteiger partial charge in [0.2, 0.25) is 11.0 Å². The summed E-state index contributed by atoms with van der Waals surface area (Å²) >= 11 is 0.488. The summed E-state index contributed by atoms with van der Waals surface area (Å²) in [4.78, 5) is 29.3. The van der Waals surface area contributed by atoms with Crippen molar-refractivity contribution in [3.05, 3.63) is 53.4 Å². The molecular weight excluding hydrogens is 481 g/mol. The van der Waals surface area contributed by atoms with E-state index in [1.807, 2.05) is 13.1 Å². The van der Waals surface area contributed by atoms with Gasteiger partial charge in [0.05, 0.1) is 11.1 Å². The maximum Gasteiger partial charge on any atom is 0.445 e. The molecule has 13 heteroatoms. The molecule has 5 rings (SSSR count). The molecule has 1 amide bonds. The van der Waals surface area contributed by atoms with Crippen LogP contribution in [-0.4, -0.2) is 69.2 Å². The second-order valence-corrected chi connectivity index (χ2v) is 9.00. The predicted octanol–water partition coefficient (Wildman–Crippen LogP) is 3.57. The van der Waals surface area contributed by atoms with Crippen molar-refractivity contribution in [1.82, 2.24) is 30.0 Å². The molecule has 0 bridgehead atoms. The van der Waals surface area contributed by atoms with Crippen molar-refractivity contribution in [2.75, 3.05) is 43.4 Å². The normalized spacial score (nSPS) is 14.9. The van der Waals surface area contributed by atoms with Crippen molar-refractivity contribution in [3.8, 4) is 10.6 Å². The third-order valence-electron chi connectivity index (χ3n) is 5.59. The highest BCUT2D eigenvalue weighted by molar-refractivity contribution is 7.14. The highest BCUT2D eigenvalue weighted by Gasteiger charge is 2.36. The topological polar surface area (TPSA) is 100 Å². The van der Waals surface area contributed by atoms with Gasteiger partial charge in [-0.3, -0.25) is 15.1 Å². The Morgan fingerprint density at radius 1 is 1.11 bits per heavy atom. The summed E-state index contributed by atoms with van der Waals surface area (Å²) in [7, 11) is 2.02. The van der Waals surface area contributed by atoms with Gasteiger partial charge in [0.1, 0.15) is 5.01 Å². The van der Waals surface area contributed by atoms with E-state index in [1.54, 1.807) is 30.6 Å². The molecule has 1 aliphatic heterocycles. The number of aromatic nitrogens is 5. The van der Waals surface area contributed by atoms with Gasteiger partial charge in [-0.05, 0) is 31.3 Å². The Morgan fingerprint density at radius 2 is 1.91 bits per heavy atom. The Hall–Kier alpha value is -3.71. The summed E-state index contributed by atoms with van der Waals surface area (Å²) in [5.41, 5.74) is 2.04. The lowest BCUT2D eigenvalue weighted by atomic mass is 10.1. The quantitative estimate of drug-likeness (QED) is 0.454. The zero-order chi connectivity index (χ0) is 24.6. The summed E-state index contributed by atoms with van der Waals surface area (Å²) in [6, 6.07) is 6.76. The Morgan fingerprint density at radius 3 is 2.60 bits per heavy atom. The Bertz CT molecular complexity index is 1370. The first-order chi connectivity index (χ1) is 16.8. The average Bonchev–Trinajstić information content (AvgIpc) is 3.35. The first kappa shape index (κ1) is 23.1. The summed E-state index contributed by atoms with van der Waals surface area (Å²) in [5, 5.41) is 9.63. The SMILES string of the molecule is CN1CCN(c2cc3cnc(NC(=O)c4cccnc4)nc3cc2-c2nnc(C(F)(F)F)s2)CC1. The molecule has 9 nitrogen and oxygen atoms in total. The number of fused-ring (bicyclic) bond motifs is 1. The van der Waals surface area contributed by atoms with Crippen LogP contribution >= 0.6 is 11.3 Å². The van der Waals surface area contributed by atoms with Crippen LogP contribution in [0.1, 0.15) is 15.4 Å². The van der Waals surface area contributed by atoms with Gasteiger partial charge in [-0.15, -0.1) is 10.2 Å². The number of carbonyl (C=O) groups is 1. The van der Waals surface area contributed by atoms with Gasteiger partial charge in [-0.25, -0.2) is 9.97 Å². The number of hydrogen-bond donors (Lipinski definition) is 1. The smallest absolute Gasteiger partial charge is 0.368 e.